The Hall–Kier alpha value is -1.89. The summed E-state index contributed by atoms with van der Waals surface area (Å²) in [5, 5.41) is 8.61. The number of benzene rings is 1. The molecule has 0 saturated heterocycles. The molecule has 7 heteroatoms. The van der Waals surface area contributed by atoms with E-state index in [0.29, 0.717) is 0 Å². The van der Waals surface area contributed by atoms with Gasteiger partial charge in [0.25, 0.3) is 5.04 Å². The van der Waals surface area contributed by atoms with Crippen molar-refractivity contribution in [1.29, 1.82) is 0 Å². The molecule has 0 unspecified atom stereocenters. The minimum atomic E-state index is -3.87. The van der Waals surface area contributed by atoms with Gasteiger partial charge >= 0.3 is 5.91 Å². The van der Waals surface area contributed by atoms with Crippen LogP contribution in [0.1, 0.15) is 0 Å². The van der Waals surface area contributed by atoms with E-state index in [4.69, 9.17) is 0 Å². The van der Waals surface area contributed by atoms with Crippen LogP contribution in [0.15, 0.2) is 50.7 Å². The molecule has 0 atom stereocenters. The van der Waals surface area contributed by atoms with Crippen LogP contribution in [0.25, 0.3) is 0 Å². The molecule has 0 N–H and O–H groups in total. The number of carbonyl (C=O) groups excluding carboxylic acids is 1. The summed E-state index contributed by atoms with van der Waals surface area (Å²) in [7, 11) is -3.87. The lowest BCUT2D eigenvalue weighted by molar-refractivity contribution is -0.111. The average Bonchev–Trinajstić information content (AvgIpc) is 2.66. The van der Waals surface area contributed by atoms with E-state index in [-0.39, 0.29) is 4.90 Å². The van der Waals surface area contributed by atoms with E-state index in [9.17, 15) is 13.2 Å². The van der Waals surface area contributed by atoms with E-state index in [1.54, 1.807) is 18.2 Å². The average molecular weight is 223 g/mol. The van der Waals surface area contributed by atoms with Gasteiger partial charge in [-0.1, -0.05) is 23.3 Å². The van der Waals surface area contributed by atoms with Crippen molar-refractivity contribution >= 4 is 20.8 Å². The Morgan fingerprint density at radius 1 is 1.07 bits per heavy atom. The molecule has 0 saturated carbocycles. The summed E-state index contributed by atoms with van der Waals surface area (Å²) < 4.78 is 23.5. The zero-order valence-electron chi connectivity index (χ0n) is 7.36. The SMILES string of the molecule is O=C1N=NN=C1S(=O)(=O)c1ccccc1. The van der Waals surface area contributed by atoms with Gasteiger partial charge < -0.3 is 0 Å². The molecule has 76 valence electrons. The van der Waals surface area contributed by atoms with Crippen molar-refractivity contribution < 1.29 is 13.2 Å². The number of amides is 1. The first-order chi connectivity index (χ1) is 7.12. The van der Waals surface area contributed by atoms with E-state index in [1.807, 2.05) is 0 Å². The molecule has 1 aliphatic rings. The summed E-state index contributed by atoms with van der Waals surface area (Å²) in [5.74, 6) is -0.932. The molecule has 0 bridgehead atoms. The fourth-order valence-corrected chi connectivity index (χ4v) is 2.22. The van der Waals surface area contributed by atoms with E-state index >= 15 is 0 Å². The second-order valence-electron chi connectivity index (χ2n) is 2.72. The maximum absolute atomic E-state index is 11.8. The van der Waals surface area contributed by atoms with Crippen molar-refractivity contribution in [2.24, 2.45) is 15.4 Å². The Morgan fingerprint density at radius 3 is 2.27 bits per heavy atom. The number of sulfone groups is 1. The number of carbonyl (C=O) groups is 1. The Morgan fingerprint density at radius 2 is 1.73 bits per heavy atom. The van der Waals surface area contributed by atoms with E-state index in [0.717, 1.165) is 0 Å². The molecule has 6 nitrogen and oxygen atoms in total. The Labute approximate surface area is 85.3 Å². The van der Waals surface area contributed by atoms with Crippen molar-refractivity contribution in [1.82, 2.24) is 0 Å². The highest BCUT2D eigenvalue weighted by Crippen LogP contribution is 2.15. The maximum atomic E-state index is 11.8. The third kappa shape index (κ3) is 1.57. The fourth-order valence-electron chi connectivity index (χ4n) is 1.07. The first-order valence-electron chi connectivity index (χ1n) is 3.95. The molecular formula is C8H5N3O3S. The molecule has 0 aliphatic carbocycles. The molecule has 0 spiro atoms. The first kappa shape index (κ1) is 9.66. The van der Waals surface area contributed by atoms with Gasteiger partial charge in [-0.25, -0.2) is 8.42 Å². The smallest absolute Gasteiger partial charge is 0.262 e. The second kappa shape index (κ2) is 3.35. The van der Waals surface area contributed by atoms with Gasteiger partial charge in [0.2, 0.25) is 9.84 Å². The molecule has 1 aliphatic heterocycles. The summed E-state index contributed by atoms with van der Waals surface area (Å²) in [5.41, 5.74) is 0. The summed E-state index contributed by atoms with van der Waals surface area (Å²) in [6.07, 6.45) is 0. The van der Waals surface area contributed by atoms with Gasteiger partial charge in [-0.3, -0.25) is 4.79 Å². The minimum Gasteiger partial charge on any atom is -0.262 e. The predicted molar refractivity (Wildman–Crippen MR) is 50.9 cm³/mol. The molecule has 0 aromatic heterocycles. The number of rotatable bonds is 1. The van der Waals surface area contributed by atoms with Crippen LogP contribution in [0.3, 0.4) is 0 Å². The Bertz CT molecular complexity index is 560. The minimum absolute atomic E-state index is 0.00407. The van der Waals surface area contributed by atoms with Crippen molar-refractivity contribution in [3.63, 3.8) is 0 Å². The molecule has 1 heterocycles. The summed E-state index contributed by atoms with van der Waals surface area (Å²) in [6.45, 7) is 0. The Balaban J connectivity index is 2.51. The number of hydrogen-bond acceptors (Lipinski definition) is 5. The molecule has 0 radical (unpaired) electrons. The van der Waals surface area contributed by atoms with Crippen LogP contribution in [0, 0.1) is 0 Å². The topological polar surface area (TPSA) is 88.3 Å². The first-order valence-corrected chi connectivity index (χ1v) is 5.44. The quantitative estimate of drug-likeness (QED) is 0.704. The number of hydrogen-bond donors (Lipinski definition) is 0. The highest BCUT2D eigenvalue weighted by atomic mass is 32.2. The highest BCUT2D eigenvalue weighted by molar-refractivity contribution is 8.08. The molecule has 0 fully saturated rings. The lowest BCUT2D eigenvalue weighted by Crippen LogP contribution is -2.20. The van der Waals surface area contributed by atoms with E-state index in [1.165, 1.54) is 12.1 Å². The van der Waals surface area contributed by atoms with Crippen molar-refractivity contribution in [2.75, 3.05) is 0 Å². The summed E-state index contributed by atoms with van der Waals surface area (Å²) in [4.78, 5) is 11.0. The lowest BCUT2D eigenvalue weighted by Gasteiger charge is -1.99. The second-order valence-corrected chi connectivity index (χ2v) is 4.58. The summed E-state index contributed by atoms with van der Waals surface area (Å²) in [6, 6.07) is 7.54. The monoisotopic (exact) mass is 223 g/mol. The molecule has 1 amide bonds. The normalized spacial score (nSPS) is 15.5. The predicted octanol–water partition coefficient (Wildman–Crippen LogP) is 0.766. The molecule has 2 rings (SSSR count). The number of nitrogens with zero attached hydrogens (tertiary/aromatic N) is 3. The fraction of sp³-hybridized carbons (Fsp3) is 0. The van der Waals surface area contributed by atoms with Gasteiger partial charge in [-0.05, 0) is 17.4 Å². The van der Waals surface area contributed by atoms with Crippen molar-refractivity contribution in [2.45, 2.75) is 4.90 Å². The zero-order chi connectivity index (χ0) is 10.9. The summed E-state index contributed by atoms with van der Waals surface area (Å²) >= 11 is 0. The van der Waals surface area contributed by atoms with Gasteiger partial charge in [0.05, 0.1) is 4.90 Å². The van der Waals surface area contributed by atoms with Crippen molar-refractivity contribution in [3.05, 3.63) is 30.3 Å². The highest BCUT2D eigenvalue weighted by Gasteiger charge is 2.31. The molecular weight excluding hydrogens is 218 g/mol. The zero-order valence-corrected chi connectivity index (χ0v) is 8.18. The van der Waals surface area contributed by atoms with E-state index < -0.39 is 20.8 Å². The van der Waals surface area contributed by atoms with Crippen LogP contribution < -0.4 is 0 Å². The van der Waals surface area contributed by atoms with Gasteiger partial charge in [0.15, 0.2) is 0 Å². The van der Waals surface area contributed by atoms with Crippen LogP contribution in [0.4, 0.5) is 0 Å². The molecule has 1 aromatic rings. The largest absolute Gasteiger partial charge is 0.329 e. The van der Waals surface area contributed by atoms with E-state index in [2.05, 4.69) is 15.4 Å². The van der Waals surface area contributed by atoms with Gasteiger partial charge in [-0.15, -0.1) is 5.10 Å². The van der Waals surface area contributed by atoms with Crippen LogP contribution in [0.5, 0.6) is 0 Å². The third-order valence-electron chi connectivity index (χ3n) is 1.76. The van der Waals surface area contributed by atoms with Crippen molar-refractivity contribution in [3.8, 4) is 0 Å². The van der Waals surface area contributed by atoms with Gasteiger partial charge in [-0.2, -0.15) is 0 Å². The molecule has 15 heavy (non-hydrogen) atoms. The standard InChI is InChI=1S/C8H5N3O3S/c12-7-8(10-11-9-7)15(13,14)6-4-2-1-3-5-6/h1-5H. The van der Waals surface area contributed by atoms with Crippen LogP contribution >= 0.6 is 0 Å². The van der Waals surface area contributed by atoms with Gasteiger partial charge in [0, 0.05) is 0 Å². The Kier molecular flexibility index (Phi) is 2.16. The third-order valence-corrected chi connectivity index (χ3v) is 3.42. The van der Waals surface area contributed by atoms with Crippen LogP contribution in [0.2, 0.25) is 0 Å². The van der Waals surface area contributed by atoms with Crippen LogP contribution in [-0.2, 0) is 14.6 Å². The maximum Gasteiger partial charge on any atom is 0.329 e. The lowest BCUT2D eigenvalue weighted by atomic mass is 10.4. The van der Waals surface area contributed by atoms with Gasteiger partial charge in [0.1, 0.15) is 0 Å². The van der Waals surface area contributed by atoms with Crippen LogP contribution in [-0.4, -0.2) is 19.4 Å². The molecule has 1 aromatic carbocycles.